The summed E-state index contributed by atoms with van der Waals surface area (Å²) >= 11 is 0. The van der Waals surface area contributed by atoms with Crippen molar-refractivity contribution in [3.05, 3.63) is 88.0 Å². The van der Waals surface area contributed by atoms with Gasteiger partial charge < -0.3 is 14.9 Å². The molecule has 12 heteroatoms. The number of fused-ring (bicyclic) bond motifs is 2. The lowest BCUT2D eigenvalue weighted by Gasteiger charge is -2.25. The van der Waals surface area contributed by atoms with Crippen LogP contribution < -0.4 is 4.74 Å². The van der Waals surface area contributed by atoms with Gasteiger partial charge in [-0.25, -0.2) is 9.48 Å². The molecular formula is C32H35F3N4O5. The number of hydrogen-bond donors (Lipinski definition) is 2. The third kappa shape index (κ3) is 7.54. The highest BCUT2D eigenvalue weighted by Crippen LogP contribution is 2.35. The van der Waals surface area contributed by atoms with Gasteiger partial charge in [-0.3, -0.25) is 9.69 Å². The minimum Gasteiger partial charge on any atom is -0.489 e. The molecule has 0 bridgehead atoms. The van der Waals surface area contributed by atoms with Gasteiger partial charge in [0.2, 0.25) is 0 Å². The van der Waals surface area contributed by atoms with Crippen molar-refractivity contribution in [2.45, 2.75) is 64.9 Å². The quantitative estimate of drug-likeness (QED) is 0.261. The van der Waals surface area contributed by atoms with Crippen LogP contribution in [0.3, 0.4) is 0 Å². The van der Waals surface area contributed by atoms with Crippen molar-refractivity contribution in [1.82, 2.24) is 19.9 Å². The summed E-state index contributed by atoms with van der Waals surface area (Å²) in [5.74, 6) is -2.89. The number of benzene rings is 3. The molecule has 0 saturated carbocycles. The minimum absolute atomic E-state index is 0.0119. The Morgan fingerprint density at radius 1 is 1.09 bits per heavy atom. The lowest BCUT2D eigenvalue weighted by molar-refractivity contribution is -0.192. The van der Waals surface area contributed by atoms with E-state index in [4.69, 9.17) is 14.6 Å². The first kappa shape index (κ1) is 32.5. The number of para-hydroxylation sites is 1. The molecule has 44 heavy (non-hydrogen) atoms. The van der Waals surface area contributed by atoms with Crippen LogP contribution in [0.1, 0.15) is 59.1 Å². The fraction of sp³-hybridized carbons (Fsp3) is 0.375. The topological polar surface area (TPSA) is 118 Å². The summed E-state index contributed by atoms with van der Waals surface area (Å²) in [6.07, 6.45) is -4.00. The van der Waals surface area contributed by atoms with Crippen molar-refractivity contribution < 1.29 is 37.7 Å². The molecule has 234 valence electrons. The number of rotatable bonds is 7. The number of aromatic nitrogens is 3. The highest BCUT2D eigenvalue weighted by atomic mass is 19.4. The SMILES string of the molecule is CCC1CN(Cc2cc([C@@H](CC(=O)O)c3ccc4c(nnn4C)c3C)ccc2C)Cc2ccccc2O1.O=C(O)C(F)(F)F. The largest absolute Gasteiger partial charge is 0.490 e. The molecule has 4 aromatic rings. The number of carboxylic acids is 2. The number of aliphatic carboxylic acids is 2. The summed E-state index contributed by atoms with van der Waals surface area (Å²) in [5, 5.41) is 25.4. The van der Waals surface area contributed by atoms with Crippen molar-refractivity contribution in [2.24, 2.45) is 7.05 Å². The molecule has 0 fully saturated rings. The highest BCUT2D eigenvalue weighted by molar-refractivity contribution is 5.80. The molecule has 2 atom stereocenters. The predicted octanol–water partition coefficient (Wildman–Crippen LogP) is 6.00. The third-order valence-electron chi connectivity index (χ3n) is 7.82. The Kier molecular flexibility index (Phi) is 9.93. The zero-order valence-corrected chi connectivity index (χ0v) is 24.9. The molecule has 0 amide bonds. The first-order valence-electron chi connectivity index (χ1n) is 14.2. The standard InChI is InChI=1S/C30H34N4O3.C2HF3O2/c1-5-24-18-34(16-22-8-6-7-9-28(22)37-24)17-23-14-21(11-10-19(23)2)26(15-29(35)36)25-12-13-27-30(20(25)3)31-32-33(27)4;3-2(4,5)1(6)7/h6-14,24,26H,5,15-18H2,1-4H3,(H,35,36);(H,6,7)/t24?,26-;/m1./s1. The second-order valence-electron chi connectivity index (χ2n) is 10.9. The number of halogens is 3. The van der Waals surface area contributed by atoms with Crippen molar-refractivity contribution in [1.29, 1.82) is 0 Å². The van der Waals surface area contributed by atoms with E-state index >= 15 is 0 Å². The molecule has 1 aliphatic rings. The van der Waals surface area contributed by atoms with E-state index in [1.54, 1.807) is 4.68 Å². The molecule has 0 radical (unpaired) electrons. The Morgan fingerprint density at radius 2 is 1.80 bits per heavy atom. The summed E-state index contributed by atoms with van der Waals surface area (Å²) < 4.78 is 39.8. The van der Waals surface area contributed by atoms with E-state index in [0.29, 0.717) is 0 Å². The molecule has 9 nitrogen and oxygen atoms in total. The van der Waals surface area contributed by atoms with Gasteiger partial charge in [-0.05, 0) is 60.2 Å². The van der Waals surface area contributed by atoms with Gasteiger partial charge >= 0.3 is 18.1 Å². The van der Waals surface area contributed by atoms with Crippen LogP contribution in [0.25, 0.3) is 11.0 Å². The van der Waals surface area contributed by atoms with Crippen molar-refractivity contribution in [3.8, 4) is 5.75 Å². The molecular weight excluding hydrogens is 577 g/mol. The second-order valence-corrected chi connectivity index (χ2v) is 10.9. The summed E-state index contributed by atoms with van der Waals surface area (Å²) in [7, 11) is 1.87. The van der Waals surface area contributed by atoms with Gasteiger partial charge in [0, 0.05) is 38.2 Å². The highest BCUT2D eigenvalue weighted by Gasteiger charge is 2.38. The summed E-state index contributed by atoms with van der Waals surface area (Å²) in [6.45, 7) is 8.73. The Hall–Kier alpha value is -4.45. The molecule has 0 spiro atoms. The maximum atomic E-state index is 12.0. The van der Waals surface area contributed by atoms with Crippen molar-refractivity contribution in [3.63, 3.8) is 0 Å². The molecule has 0 saturated heterocycles. The van der Waals surface area contributed by atoms with Crippen LogP contribution >= 0.6 is 0 Å². The third-order valence-corrected chi connectivity index (χ3v) is 7.82. The van der Waals surface area contributed by atoms with Gasteiger partial charge in [0.25, 0.3) is 0 Å². The molecule has 1 aliphatic heterocycles. The van der Waals surface area contributed by atoms with E-state index in [2.05, 4.69) is 65.5 Å². The van der Waals surface area contributed by atoms with Crippen LogP contribution in [0, 0.1) is 13.8 Å². The van der Waals surface area contributed by atoms with Crippen LogP contribution in [0.2, 0.25) is 0 Å². The predicted molar refractivity (Wildman–Crippen MR) is 157 cm³/mol. The van der Waals surface area contributed by atoms with Crippen molar-refractivity contribution >= 4 is 23.0 Å². The van der Waals surface area contributed by atoms with Gasteiger partial charge in [0.15, 0.2) is 0 Å². The molecule has 1 unspecified atom stereocenters. The lowest BCUT2D eigenvalue weighted by Crippen LogP contribution is -2.32. The number of carboxylic acid groups (broad SMARTS) is 2. The first-order valence-corrected chi connectivity index (χ1v) is 14.2. The maximum absolute atomic E-state index is 12.0. The average molecular weight is 613 g/mol. The first-order chi connectivity index (χ1) is 20.8. The molecule has 2 heterocycles. The zero-order valence-electron chi connectivity index (χ0n) is 24.9. The maximum Gasteiger partial charge on any atom is 0.490 e. The number of ether oxygens (including phenoxy) is 1. The van der Waals surface area contributed by atoms with Gasteiger partial charge in [-0.15, -0.1) is 5.10 Å². The average Bonchev–Trinajstić information content (AvgIpc) is 3.24. The summed E-state index contributed by atoms with van der Waals surface area (Å²) in [6, 6.07) is 18.7. The van der Waals surface area contributed by atoms with Gasteiger partial charge in [-0.2, -0.15) is 13.2 Å². The Balaban J connectivity index is 0.000000566. The number of aryl methyl sites for hydroxylation is 3. The van der Waals surface area contributed by atoms with E-state index in [-0.39, 0.29) is 18.4 Å². The summed E-state index contributed by atoms with van der Waals surface area (Å²) in [4.78, 5) is 23.3. The Labute approximate surface area is 252 Å². The molecule has 3 aromatic carbocycles. The molecule has 5 rings (SSSR count). The molecule has 2 N–H and O–H groups in total. The van der Waals surface area contributed by atoms with E-state index in [0.717, 1.165) is 59.5 Å². The van der Waals surface area contributed by atoms with E-state index in [9.17, 15) is 23.1 Å². The lowest BCUT2D eigenvalue weighted by atomic mass is 9.84. The van der Waals surface area contributed by atoms with Gasteiger partial charge in [0.05, 0.1) is 11.9 Å². The van der Waals surface area contributed by atoms with Crippen LogP contribution in [-0.4, -0.2) is 60.9 Å². The number of hydrogen-bond acceptors (Lipinski definition) is 6. The van der Waals surface area contributed by atoms with Crippen LogP contribution in [-0.2, 0) is 29.7 Å². The van der Waals surface area contributed by atoms with Crippen molar-refractivity contribution in [2.75, 3.05) is 6.54 Å². The second kappa shape index (κ2) is 13.5. The van der Waals surface area contributed by atoms with Crippen LogP contribution in [0.15, 0.2) is 54.6 Å². The van der Waals surface area contributed by atoms with E-state index in [1.807, 2.05) is 32.2 Å². The van der Waals surface area contributed by atoms with E-state index < -0.39 is 18.1 Å². The fourth-order valence-corrected chi connectivity index (χ4v) is 5.42. The number of carbonyl (C=O) groups is 2. The smallest absolute Gasteiger partial charge is 0.489 e. The normalized spacial score (nSPS) is 15.8. The Morgan fingerprint density at radius 3 is 2.45 bits per heavy atom. The van der Waals surface area contributed by atoms with Crippen LogP contribution in [0.4, 0.5) is 13.2 Å². The monoisotopic (exact) mass is 612 g/mol. The van der Waals surface area contributed by atoms with Gasteiger partial charge in [0.1, 0.15) is 17.4 Å². The minimum atomic E-state index is -5.08. The summed E-state index contributed by atoms with van der Waals surface area (Å²) in [5.41, 5.74) is 8.33. The van der Waals surface area contributed by atoms with Gasteiger partial charge in [-0.1, -0.05) is 54.6 Å². The molecule has 1 aromatic heterocycles. The molecule has 0 aliphatic carbocycles. The Bertz CT molecular complexity index is 1650. The van der Waals surface area contributed by atoms with E-state index in [1.165, 1.54) is 16.7 Å². The fourth-order valence-electron chi connectivity index (χ4n) is 5.42. The zero-order chi connectivity index (χ0) is 32.2. The number of alkyl halides is 3. The van der Waals surface area contributed by atoms with Crippen LogP contribution in [0.5, 0.6) is 5.75 Å². The number of nitrogens with zero attached hydrogens (tertiary/aromatic N) is 4.